The van der Waals surface area contributed by atoms with E-state index in [4.69, 9.17) is 14.2 Å². The molecular formula is C12H25O5P. The Morgan fingerprint density at radius 3 is 1.94 bits per heavy atom. The quantitative estimate of drug-likeness (QED) is 0.463. The Bertz CT molecular complexity index is 266. The van der Waals surface area contributed by atoms with Crippen LogP contribution in [-0.2, 0) is 18.4 Å². The number of rotatable bonds is 11. The maximum absolute atomic E-state index is 12.4. The topological polar surface area (TPSA) is 72.8 Å². The third-order valence-corrected chi connectivity index (χ3v) is 4.64. The SMILES string of the molecule is CCCCOP(=O)(CC(C)C(=O)O)OCCCC. The van der Waals surface area contributed by atoms with E-state index in [0.717, 1.165) is 25.7 Å². The van der Waals surface area contributed by atoms with Crippen molar-refractivity contribution in [1.82, 2.24) is 0 Å². The molecule has 0 aromatic heterocycles. The standard InChI is InChI=1S/C12H25O5P/c1-4-6-8-16-18(15,17-9-7-5-2)10-11(3)12(13)14/h11H,4-10H2,1-3H3,(H,13,14). The summed E-state index contributed by atoms with van der Waals surface area (Å²) in [6.07, 6.45) is 3.40. The molecule has 0 spiro atoms. The van der Waals surface area contributed by atoms with Crippen LogP contribution in [0.25, 0.3) is 0 Å². The molecule has 18 heavy (non-hydrogen) atoms. The zero-order chi connectivity index (χ0) is 14.0. The monoisotopic (exact) mass is 280 g/mol. The molecule has 0 aromatic carbocycles. The molecule has 0 rings (SSSR count). The molecule has 0 aliphatic heterocycles. The Hall–Kier alpha value is -0.380. The Morgan fingerprint density at radius 2 is 1.61 bits per heavy atom. The first kappa shape index (κ1) is 17.6. The minimum absolute atomic E-state index is 0.0598. The molecule has 0 heterocycles. The largest absolute Gasteiger partial charge is 0.481 e. The fourth-order valence-electron chi connectivity index (χ4n) is 1.25. The van der Waals surface area contributed by atoms with Crippen LogP contribution in [0.3, 0.4) is 0 Å². The summed E-state index contributed by atoms with van der Waals surface area (Å²) in [7, 11) is -3.27. The van der Waals surface area contributed by atoms with E-state index in [2.05, 4.69) is 0 Å². The van der Waals surface area contributed by atoms with Crippen molar-refractivity contribution < 1.29 is 23.5 Å². The predicted octanol–water partition coefficient (Wildman–Crippen LogP) is 3.53. The molecule has 0 bridgehead atoms. The maximum Gasteiger partial charge on any atom is 0.331 e. The van der Waals surface area contributed by atoms with Crippen LogP contribution in [0.4, 0.5) is 0 Å². The van der Waals surface area contributed by atoms with Gasteiger partial charge < -0.3 is 14.2 Å². The lowest BCUT2D eigenvalue weighted by molar-refractivity contribution is -0.140. The van der Waals surface area contributed by atoms with Gasteiger partial charge in [0.25, 0.3) is 0 Å². The van der Waals surface area contributed by atoms with Crippen molar-refractivity contribution in [2.75, 3.05) is 19.4 Å². The molecule has 108 valence electrons. The summed E-state index contributed by atoms with van der Waals surface area (Å²) in [5.41, 5.74) is 0. The van der Waals surface area contributed by atoms with Crippen molar-refractivity contribution >= 4 is 13.6 Å². The molecule has 0 saturated heterocycles. The van der Waals surface area contributed by atoms with E-state index in [-0.39, 0.29) is 6.16 Å². The number of unbranched alkanes of at least 4 members (excludes halogenated alkanes) is 2. The molecule has 1 N–H and O–H groups in total. The molecule has 0 saturated carbocycles. The summed E-state index contributed by atoms with van der Waals surface area (Å²) in [6, 6.07) is 0. The third-order valence-electron chi connectivity index (χ3n) is 2.49. The Labute approximate surface area is 109 Å². The highest BCUT2D eigenvalue weighted by molar-refractivity contribution is 7.53. The van der Waals surface area contributed by atoms with E-state index < -0.39 is 19.5 Å². The first-order valence-corrected chi connectivity index (χ1v) is 8.29. The second-order valence-electron chi connectivity index (χ2n) is 4.41. The van der Waals surface area contributed by atoms with E-state index in [9.17, 15) is 9.36 Å². The molecule has 1 atom stereocenters. The molecule has 5 nitrogen and oxygen atoms in total. The van der Waals surface area contributed by atoms with Gasteiger partial charge in [-0.15, -0.1) is 0 Å². The second kappa shape index (κ2) is 9.54. The van der Waals surface area contributed by atoms with Crippen LogP contribution in [0.15, 0.2) is 0 Å². The van der Waals surface area contributed by atoms with Gasteiger partial charge in [0.1, 0.15) is 0 Å². The number of hydrogen-bond donors (Lipinski definition) is 1. The lowest BCUT2D eigenvalue weighted by Crippen LogP contribution is -2.16. The minimum atomic E-state index is -3.27. The van der Waals surface area contributed by atoms with Crippen molar-refractivity contribution in [2.45, 2.75) is 46.5 Å². The number of carboxylic acids is 1. The van der Waals surface area contributed by atoms with Gasteiger partial charge >= 0.3 is 13.6 Å². The van der Waals surface area contributed by atoms with Gasteiger partial charge in [-0.05, 0) is 12.8 Å². The smallest absolute Gasteiger partial charge is 0.331 e. The number of carboxylic acid groups (broad SMARTS) is 1. The van der Waals surface area contributed by atoms with Crippen molar-refractivity contribution in [1.29, 1.82) is 0 Å². The molecule has 1 unspecified atom stereocenters. The van der Waals surface area contributed by atoms with Crippen molar-refractivity contribution in [2.24, 2.45) is 5.92 Å². The fraction of sp³-hybridized carbons (Fsp3) is 0.917. The van der Waals surface area contributed by atoms with Gasteiger partial charge in [-0.2, -0.15) is 0 Å². The minimum Gasteiger partial charge on any atom is -0.481 e. The van der Waals surface area contributed by atoms with E-state index in [1.807, 2.05) is 13.8 Å². The molecule has 0 fully saturated rings. The molecule has 0 aliphatic carbocycles. The first-order chi connectivity index (χ1) is 8.45. The van der Waals surface area contributed by atoms with Gasteiger partial charge in [-0.3, -0.25) is 9.36 Å². The van der Waals surface area contributed by atoms with Crippen LogP contribution in [0.1, 0.15) is 46.5 Å². The van der Waals surface area contributed by atoms with Gasteiger partial charge in [0.05, 0.1) is 25.3 Å². The third kappa shape index (κ3) is 7.85. The van der Waals surface area contributed by atoms with Gasteiger partial charge in [0.15, 0.2) is 0 Å². The highest BCUT2D eigenvalue weighted by Gasteiger charge is 2.30. The van der Waals surface area contributed by atoms with Crippen molar-refractivity contribution in [3.05, 3.63) is 0 Å². The summed E-state index contributed by atoms with van der Waals surface area (Å²) < 4.78 is 23.0. The van der Waals surface area contributed by atoms with Gasteiger partial charge in [0, 0.05) is 0 Å². The van der Waals surface area contributed by atoms with E-state index >= 15 is 0 Å². The Kier molecular flexibility index (Phi) is 9.34. The molecule has 0 radical (unpaired) electrons. The Morgan fingerprint density at radius 1 is 1.17 bits per heavy atom. The summed E-state index contributed by atoms with van der Waals surface area (Å²) in [5, 5.41) is 8.86. The summed E-state index contributed by atoms with van der Waals surface area (Å²) in [6.45, 7) is 6.23. The lowest BCUT2D eigenvalue weighted by Gasteiger charge is -2.20. The molecule has 0 aromatic rings. The zero-order valence-electron chi connectivity index (χ0n) is 11.6. The van der Waals surface area contributed by atoms with Crippen molar-refractivity contribution in [3.63, 3.8) is 0 Å². The highest BCUT2D eigenvalue weighted by atomic mass is 31.2. The highest BCUT2D eigenvalue weighted by Crippen LogP contribution is 2.50. The van der Waals surface area contributed by atoms with Gasteiger partial charge in [0.2, 0.25) is 0 Å². The maximum atomic E-state index is 12.4. The lowest BCUT2D eigenvalue weighted by atomic mass is 10.2. The zero-order valence-corrected chi connectivity index (χ0v) is 12.4. The van der Waals surface area contributed by atoms with E-state index in [1.54, 1.807) is 0 Å². The van der Waals surface area contributed by atoms with Crippen LogP contribution >= 0.6 is 7.60 Å². The average molecular weight is 280 g/mol. The molecule has 0 aliphatic rings. The number of aliphatic carboxylic acids is 1. The summed E-state index contributed by atoms with van der Waals surface area (Å²) in [5.74, 6) is -1.70. The van der Waals surface area contributed by atoms with Crippen LogP contribution < -0.4 is 0 Å². The molecule has 0 amide bonds. The van der Waals surface area contributed by atoms with Crippen LogP contribution in [0.2, 0.25) is 0 Å². The van der Waals surface area contributed by atoms with E-state index in [0.29, 0.717) is 13.2 Å². The first-order valence-electron chi connectivity index (χ1n) is 6.56. The number of hydrogen-bond acceptors (Lipinski definition) is 4. The summed E-state index contributed by atoms with van der Waals surface area (Å²) in [4.78, 5) is 10.8. The van der Waals surface area contributed by atoms with Crippen LogP contribution in [0, 0.1) is 5.92 Å². The van der Waals surface area contributed by atoms with Crippen LogP contribution in [-0.4, -0.2) is 30.5 Å². The molecule has 6 heteroatoms. The van der Waals surface area contributed by atoms with Crippen LogP contribution in [0.5, 0.6) is 0 Å². The van der Waals surface area contributed by atoms with E-state index in [1.165, 1.54) is 6.92 Å². The molecular weight excluding hydrogens is 255 g/mol. The fourth-order valence-corrected chi connectivity index (χ4v) is 3.18. The second-order valence-corrected chi connectivity index (χ2v) is 6.51. The van der Waals surface area contributed by atoms with Gasteiger partial charge in [-0.1, -0.05) is 33.6 Å². The Balaban J connectivity index is 4.38. The normalized spacial score (nSPS) is 13.5. The average Bonchev–Trinajstić information content (AvgIpc) is 2.29. The number of carbonyl (C=O) groups is 1. The van der Waals surface area contributed by atoms with Gasteiger partial charge in [-0.25, -0.2) is 0 Å². The van der Waals surface area contributed by atoms with Crippen molar-refractivity contribution in [3.8, 4) is 0 Å². The predicted molar refractivity (Wildman–Crippen MR) is 71.0 cm³/mol. The summed E-state index contributed by atoms with van der Waals surface area (Å²) >= 11 is 0.